The van der Waals surface area contributed by atoms with Crippen LogP contribution in [-0.2, 0) is 14.6 Å². The van der Waals surface area contributed by atoms with Gasteiger partial charge in [0.15, 0.2) is 11.1 Å². The Bertz CT molecular complexity index is 1090. The number of rotatable bonds is 3. The van der Waals surface area contributed by atoms with Gasteiger partial charge in [-0.1, -0.05) is 29.3 Å². The molecule has 1 N–H and O–H groups in total. The summed E-state index contributed by atoms with van der Waals surface area (Å²) in [5.41, 5.74) is 2.53. The van der Waals surface area contributed by atoms with Crippen LogP contribution < -0.4 is 9.88 Å². The monoisotopic (exact) mass is 403 g/mol. The molecule has 0 atom stereocenters. The van der Waals surface area contributed by atoms with Gasteiger partial charge >= 0.3 is 0 Å². The molecule has 0 amide bonds. The van der Waals surface area contributed by atoms with E-state index in [-0.39, 0.29) is 9.79 Å². The van der Waals surface area contributed by atoms with E-state index in [1.807, 2.05) is 31.2 Å². The van der Waals surface area contributed by atoms with Crippen molar-refractivity contribution in [3.8, 4) is 0 Å². The summed E-state index contributed by atoms with van der Waals surface area (Å²) in [6, 6.07) is 12.4. The molecule has 1 aliphatic heterocycles. The van der Waals surface area contributed by atoms with E-state index in [1.165, 1.54) is 0 Å². The van der Waals surface area contributed by atoms with Gasteiger partial charge in [-0.15, -0.1) is 0 Å². The van der Waals surface area contributed by atoms with Crippen LogP contribution in [0.4, 0.5) is 5.69 Å². The number of nitrogens with zero attached hydrogens (tertiary/aromatic N) is 1. The number of fused-ring (bicyclic) bond motifs is 1. The van der Waals surface area contributed by atoms with E-state index in [4.69, 9.17) is 16.3 Å². The number of hydrogen-bond acceptors (Lipinski definition) is 4. The fraction of sp³-hybridized carbons (Fsp3) is 0.250. The van der Waals surface area contributed by atoms with Crippen LogP contribution in [0.25, 0.3) is 10.9 Å². The zero-order valence-corrected chi connectivity index (χ0v) is 16.5. The van der Waals surface area contributed by atoms with Crippen LogP contribution in [0.2, 0.25) is 5.02 Å². The van der Waals surface area contributed by atoms with E-state index in [1.54, 1.807) is 24.4 Å². The highest BCUT2D eigenvalue weighted by Gasteiger charge is 2.30. The zero-order valence-electron chi connectivity index (χ0n) is 14.9. The second-order valence-electron chi connectivity index (χ2n) is 6.61. The van der Waals surface area contributed by atoms with Gasteiger partial charge in [-0.25, -0.2) is 13.4 Å². The van der Waals surface area contributed by atoms with Gasteiger partial charge in [0.25, 0.3) is 0 Å². The summed E-state index contributed by atoms with van der Waals surface area (Å²) in [4.78, 5) is 5.71. The minimum absolute atomic E-state index is 0.253. The van der Waals surface area contributed by atoms with Gasteiger partial charge in [0.1, 0.15) is 0 Å². The van der Waals surface area contributed by atoms with Crippen LogP contribution >= 0.6 is 11.6 Å². The minimum atomic E-state index is -3.70. The summed E-state index contributed by atoms with van der Waals surface area (Å²) in [6.45, 7) is 4.31. The molecule has 4 rings (SSSR count). The highest BCUT2D eigenvalue weighted by atomic mass is 35.5. The third kappa shape index (κ3) is 3.40. The number of aryl methyl sites for hydroxylation is 1. The van der Waals surface area contributed by atoms with Crippen molar-refractivity contribution in [1.29, 1.82) is 0 Å². The number of nitrogens with one attached hydrogen (secondary N) is 1. The molecule has 2 heterocycles. The summed E-state index contributed by atoms with van der Waals surface area (Å²) in [6.07, 6.45) is 1.58. The Kier molecular flexibility index (Phi) is 4.80. The molecule has 0 radical (unpaired) electrons. The molecule has 0 spiro atoms. The highest BCUT2D eigenvalue weighted by Crippen LogP contribution is 2.36. The Morgan fingerprint density at radius 3 is 2.48 bits per heavy atom. The number of halogens is 1. The Morgan fingerprint density at radius 1 is 1.07 bits per heavy atom. The Morgan fingerprint density at radius 2 is 1.78 bits per heavy atom. The fourth-order valence-electron chi connectivity index (χ4n) is 3.35. The van der Waals surface area contributed by atoms with Crippen LogP contribution in [0, 0.1) is 6.92 Å². The van der Waals surface area contributed by atoms with Gasteiger partial charge in [-0.05, 0) is 31.2 Å². The molecule has 0 unspecified atom stereocenters. The topological polar surface area (TPSA) is 60.8 Å². The normalized spacial score (nSPS) is 15.3. The van der Waals surface area contributed by atoms with Gasteiger partial charge in [-0.3, -0.25) is 0 Å². The lowest BCUT2D eigenvalue weighted by Gasteiger charge is -2.30. The first-order valence-corrected chi connectivity index (χ1v) is 10.6. The Labute approximate surface area is 163 Å². The molecule has 27 heavy (non-hydrogen) atoms. The maximum absolute atomic E-state index is 13.4. The maximum Gasteiger partial charge on any atom is 0.214 e. The average Bonchev–Trinajstić information content (AvgIpc) is 2.68. The number of aromatic nitrogens is 1. The molecule has 7 heteroatoms. The number of H-pyrrole nitrogens is 1. The standard InChI is InChI=1S/C20H19ClN2O3S/c1-14-2-5-16(6-3-14)27(24,25)19-13-22-18-7-4-15(21)12-17(18)20(19)23-8-10-26-11-9-23/h2-7,12-13H,8-11H2,1H3/p+1. The van der Waals surface area contributed by atoms with Crippen LogP contribution in [-0.4, -0.2) is 34.7 Å². The van der Waals surface area contributed by atoms with Crippen molar-refractivity contribution in [2.45, 2.75) is 16.7 Å². The van der Waals surface area contributed by atoms with E-state index in [2.05, 4.69) is 9.88 Å². The number of morpholine rings is 1. The third-order valence-corrected chi connectivity index (χ3v) is 6.80. The van der Waals surface area contributed by atoms with Crippen molar-refractivity contribution < 1.29 is 18.1 Å². The first kappa shape index (κ1) is 18.2. The van der Waals surface area contributed by atoms with Gasteiger partial charge < -0.3 is 9.64 Å². The molecule has 0 aliphatic carbocycles. The van der Waals surface area contributed by atoms with Crippen molar-refractivity contribution in [2.75, 3.05) is 31.2 Å². The molecule has 1 aliphatic rings. The SMILES string of the molecule is Cc1ccc(S(=O)(=O)c2c[nH+]c3ccc(Cl)cc3c2N2CCOCC2)cc1. The molecular formula is C20H20ClN2O3S+. The minimum Gasteiger partial charge on any atom is -0.378 e. The molecule has 2 aromatic carbocycles. The largest absolute Gasteiger partial charge is 0.378 e. The maximum atomic E-state index is 13.4. The van der Waals surface area contributed by atoms with E-state index >= 15 is 0 Å². The van der Waals surface area contributed by atoms with E-state index < -0.39 is 9.84 Å². The van der Waals surface area contributed by atoms with E-state index in [9.17, 15) is 8.42 Å². The summed E-state index contributed by atoms with van der Waals surface area (Å²) in [5.74, 6) is 0. The lowest BCUT2D eigenvalue weighted by atomic mass is 10.1. The molecule has 1 aromatic heterocycles. The van der Waals surface area contributed by atoms with Crippen LogP contribution in [0.1, 0.15) is 5.56 Å². The van der Waals surface area contributed by atoms with Crippen molar-refractivity contribution in [2.24, 2.45) is 0 Å². The third-order valence-electron chi connectivity index (χ3n) is 4.78. The molecule has 0 bridgehead atoms. The summed E-state index contributed by atoms with van der Waals surface area (Å²) in [7, 11) is -3.70. The molecule has 5 nitrogen and oxygen atoms in total. The number of hydrogen-bond donors (Lipinski definition) is 0. The first-order valence-electron chi connectivity index (χ1n) is 8.75. The van der Waals surface area contributed by atoms with Gasteiger partial charge in [0, 0.05) is 24.2 Å². The van der Waals surface area contributed by atoms with Crippen molar-refractivity contribution in [3.05, 3.63) is 59.2 Å². The van der Waals surface area contributed by atoms with Gasteiger partial charge in [-0.2, -0.15) is 0 Å². The second kappa shape index (κ2) is 7.11. The van der Waals surface area contributed by atoms with Gasteiger partial charge in [0.2, 0.25) is 15.4 Å². The quantitative estimate of drug-likeness (QED) is 0.673. The lowest BCUT2D eigenvalue weighted by Crippen LogP contribution is -2.37. The molecule has 1 fully saturated rings. The Hall–Kier alpha value is -2.15. The van der Waals surface area contributed by atoms with Crippen LogP contribution in [0.15, 0.2) is 58.5 Å². The molecule has 3 aromatic rings. The van der Waals surface area contributed by atoms with Gasteiger partial charge in [0.05, 0.1) is 29.2 Å². The molecule has 140 valence electrons. The number of anilines is 1. The lowest BCUT2D eigenvalue weighted by molar-refractivity contribution is -0.347. The highest BCUT2D eigenvalue weighted by molar-refractivity contribution is 7.91. The van der Waals surface area contributed by atoms with Crippen molar-refractivity contribution >= 4 is 38.0 Å². The summed E-state index contributed by atoms with van der Waals surface area (Å²) in [5, 5.41) is 1.35. The number of aromatic amines is 1. The first-order chi connectivity index (χ1) is 13.0. The van der Waals surface area contributed by atoms with Crippen LogP contribution in [0.3, 0.4) is 0 Å². The van der Waals surface area contributed by atoms with E-state index in [0.717, 1.165) is 16.5 Å². The average molecular weight is 404 g/mol. The molecular weight excluding hydrogens is 384 g/mol. The smallest absolute Gasteiger partial charge is 0.214 e. The summed E-state index contributed by atoms with van der Waals surface area (Å²) < 4.78 is 32.3. The fourth-order valence-corrected chi connectivity index (χ4v) is 4.97. The van der Waals surface area contributed by atoms with Crippen molar-refractivity contribution in [1.82, 2.24) is 0 Å². The number of pyridine rings is 1. The number of sulfone groups is 1. The summed E-state index contributed by atoms with van der Waals surface area (Å²) >= 11 is 6.22. The van der Waals surface area contributed by atoms with Crippen molar-refractivity contribution in [3.63, 3.8) is 0 Å². The number of benzene rings is 2. The predicted octanol–water partition coefficient (Wildman–Crippen LogP) is 3.29. The zero-order chi connectivity index (χ0) is 19.0. The Balaban J connectivity index is 1.98. The van der Waals surface area contributed by atoms with E-state index in [0.29, 0.717) is 37.0 Å². The van der Waals surface area contributed by atoms with Crippen LogP contribution in [0.5, 0.6) is 0 Å². The second-order valence-corrected chi connectivity index (χ2v) is 8.96. The molecule has 1 saturated heterocycles. The molecule has 0 saturated carbocycles. The number of ether oxygens (including phenoxy) is 1. The predicted molar refractivity (Wildman–Crippen MR) is 105 cm³/mol.